The quantitative estimate of drug-likeness (QED) is 0.815. The average molecular weight is 236 g/mol. The van der Waals surface area contributed by atoms with Crippen LogP contribution in [0.15, 0.2) is 30.5 Å². The molecule has 0 aliphatic carbocycles. The summed E-state index contributed by atoms with van der Waals surface area (Å²) in [6.45, 7) is 1.76. The summed E-state index contributed by atoms with van der Waals surface area (Å²) in [6, 6.07) is 5.26. The Kier molecular flexibility index (Phi) is 2.91. The van der Waals surface area contributed by atoms with Crippen LogP contribution in [0.2, 0.25) is 0 Å². The van der Waals surface area contributed by atoms with Gasteiger partial charge in [-0.05, 0) is 13.0 Å². The molecule has 5 heteroatoms. The van der Waals surface area contributed by atoms with Gasteiger partial charge in [0, 0.05) is 23.9 Å². The fourth-order valence-electron chi connectivity index (χ4n) is 1.30. The lowest BCUT2D eigenvalue weighted by Crippen LogP contribution is -1.97. The van der Waals surface area contributed by atoms with Crippen molar-refractivity contribution < 1.29 is 13.5 Å². The van der Waals surface area contributed by atoms with Gasteiger partial charge in [-0.15, -0.1) is 0 Å². The number of pyridine rings is 1. The van der Waals surface area contributed by atoms with Gasteiger partial charge in [0.2, 0.25) is 5.88 Å². The van der Waals surface area contributed by atoms with E-state index >= 15 is 0 Å². The van der Waals surface area contributed by atoms with Crippen LogP contribution in [0.5, 0.6) is 11.6 Å². The zero-order valence-corrected chi connectivity index (χ0v) is 9.08. The summed E-state index contributed by atoms with van der Waals surface area (Å²) in [7, 11) is 0. The Bertz CT molecular complexity index is 558. The number of hydrogen-bond donors (Lipinski definition) is 1. The van der Waals surface area contributed by atoms with Gasteiger partial charge in [-0.2, -0.15) is 0 Å². The molecule has 3 nitrogen and oxygen atoms in total. The lowest BCUT2D eigenvalue weighted by molar-refractivity contribution is 0.420. The van der Waals surface area contributed by atoms with Crippen LogP contribution in [0.3, 0.4) is 0 Å². The first kappa shape index (κ1) is 11.3. The van der Waals surface area contributed by atoms with E-state index in [0.29, 0.717) is 0 Å². The Labute approximate surface area is 96.9 Å². The monoisotopic (exact) mass is 236 g/mol. The van der Waals surface area contributed by atoms with Crippen molar-refractivity contribution in [3.05, 3.63) is 47.7 Å². The van der Waals surface area contributed by atoms with E-state index in [9.17, 15) is 8.78 Å². The molecule has 1 aromatic heterocycles. The molecule has 0 amide bonds. The third-order valence-electron chi connectivity index (χ3n) is 2.22. The summed E-state index contributed by atoms with van der Waals surface area (Å²) in [4.78, 5) is 3.92. The molecule has 0 aliphatic rings. The first-order valence-electron chi connectivity index (χ1n) is 4.92. The minimum atomic E-state index is -0.728. The molecule has 0 unspecified atom stereocenters. The molecule has 0 spiro atoms. The van der Waals surface area contributed by atoms with Crippen molar-refractivity contribution in [3.63, 3.8) is 0 Å². The molecule has 0 aliphatic heterocycles. The lowest BCUT2D eigenvalue weighted by Gasteiger charge is -2.08. The molecular formula is C12H10F2N2O. The third-order valence-corrected chi connectivity index (χ3v) is 2.22. The third kappa shape index (κ3) is 2.33. The molecule has 88 valence electrons. The predicted octanol–water partition coefficient (Wildman–Crippen LogP) is 3.04. The van der Waals surface area contributed by atoms with Gasteiger partial charge in [0.15, 0.2) is 11.6 Å². The van der Waals surface area contributed by atoms with Crippen LogP contribution < -0.4 is 10.5 Å². The highest BCUT2D eigenvalue weighted by molar-refractivity contribution is 5.45. The van der Waals surface area contributed by atoms with Crippen LogP contribution in [-0.4, -0.2) is 4.98 Å². The summed E-state index contributed by atoms with van der Waals surface area (Å²) in [5.74, 6) is -1.46. The Morgan fingerprint density at radius 3 is 2.71 bits per heavy atom. The number of halogens is 2. The average Bonchev–Trinajstić information content (AvgIpc) is 2.29. The van der Waals surface area contributed by atoms with E-state index in [2.05, 4.69) is 4.98 Å². The molecule has 1 aromatic carbocycles. The number of rotatable bonds is 2. The fraction of sp³-hybridized carbons (Fsp3) is 0.0833. The number of nitrogens with zero attached hydrogens (tertiary/aromatic N) is 1. The number of anilines is 1. The number of aryl methyl sites for hydroxylation is 1. The van der Waals surface area contributed by atoms with E-state index in [1.807, 2.05) is 0 Å². The molecule has 17 heavy (non-hydrogen) atoms. The maximum atomic E-state index is 13.4. The van der Waals surface area contributed by atoms with Crippen molar-refractivity contribution in [2.75, 3.05) is 5.73 Å². The second-order valence-corrected chi connectivity index (χ2v) is 3.53. The zero-order valence-electron chi connectivity index (χ0n) is 9.08. The molecule has 1 heterocycles. The number of ether oxygens (including phenoxy) is 1. The number of hydrogen-bond acceptors (Lipinski definition) is 3. The number of nitrogens with two attached hydrogens (primary N) is 1. The number of nitrogen functional groups attached to an aromatic ring is 1. The standard InChI is InChI=1S/C12H10F2N2O/c1-7-3-2-4-16-12(7)17-11-6-8(13)10(15)5-9(11)14/h2-6H,15H2,1H3. The Hall–Kier alpha value is -2.17. The van der Waals surface area contributed by atoms with E-state index < -0.39 is 11.6 Å². The van der Waals surface area contributed by atoms with Crippen molar-refractivity contribution in [3.8, 4) is 11.6 Å². The molecule has 0 bridgehead atoms. The van der Waals surface area contributed by atoms with E-state index in [1.54, 1.807) is 19.1 Å². The predicted molar refractivity (Wildman–Crippen MR) is 59.8 cm³/mol. The van der Waals surface area contributed by atoms with Crippen LogP contribution in [0.4, 0.5) is 14.5 Å². The summed E-state index contributed by atoms with van der Waals surface area (Å²) in [5, 5.41) is 0. The van der Waals surface area contributed by atoms with Crippen LogP contribution in [-0.2, 0) is 0 Å². The lowest BCUT2D eigenvalue weighted by atomic mass is 10.2. The summed E-state index contributed by atoms with van der Waals surface area (Å²) in [5.41, 5.74) is 5.70. The molecule has 0 saturated heterocycles. The van der Waals surface area contributed by atoms with Gasteiger partial charge in [0.25, 0.3) is 0 Å². The van der Waals surface area contributed by atoms with E-state index in [-0.39, 0.29) is 17.3 Å². The van der Waals surface area contributed by atoms with Gasteiger partial charge < -0.3 is 10.5 Å². The van der Waals surface area contributed by atoms with Gasteiger partial charge in [0.1, 0.15) is 5.82 Å². The highest BCUT2D eigenvalue weighted by Crippen LogP contribution is 2.28. The SMILES string of the molecule is Cc1cccnc1Oc1cc(F)c(N)cc1F. The van der Waals surface area contributed by atoms with Crippen LogP contribution in [0, 0.1) is 18.6 Å². The molecule has 2 N–H and O–H groups in total. The summed E-state index contributed by atoms with van der Waals surface area (Å²) < 4.78 is 31.8. The fourth-order valence-corrected chi connectivity index (χ4v) is 1.30. The van der Waals surface area contributed by atoms with Gasteiger partial charge in [-0.3, -0.25) is 0 Å². The Morgan fingerprint density at radius 2 is 2.00 bits per heavy atom. The summed E-state index contributed by atoms with van der Waals surface area (Å²) >= 11 is 0. The van der Waals surface area contributed by atoms with Crippen molar-refractivity contribution in [1.29, 1.82) is 0 Å². The molecule has 2 rings (SSSR count). The second kappa shape index (κ2) is 4.37. The van der Waals surface area contributed by atoms with Crippen molar-refractivity contribution in [2.45, 2.75) is 6.92 Å². The smallest absolute Gasteiger partial charge is 0.222 e. The Balaban J connectivity index is 2.37. The molecule has 0 fully saturated rings. The van der Waals surface area contributed by atoms with Crippen LogP contribution >= 0.6 is 0 Å². The van der Waals surface area contributed by atoms with Crippen molar-refractivity contribution in [2.24, 2.45) is 0 Å². The minimum absolute atomic E-state index is 0.232. The maximum Gasteiger partial charge on any atom is 0.222 e. The van der Waals surface area contributed by atoms with E-state index in [0.717, 1.165) is 17.7 Å². The van der Waals surface area contributed by atoms with Gasteiger partial charge >= 0.3 is 0 Å². The maximum absolute atomic E-state index is 13.4. The number of benzene rings is 1. The first-order valence-corrected chi connectivity index (χ1v) is 4.92. The molecule has 2 aromatic rings. The highest BCUT2D eigenvalue weighted by Gasteiger charge is 2.11. The molecule has 0 saturated carbocycles. The molecule has 0 radical (unpaired) electrons. The van der Waals surface area contributed by atoms with Gasteiger partial charge in [-0.1, -0.05) is 6.07 Å². The second-order valence-electron chi connectivity index (χ2n) is 3.53. The van der Waals surface area contributed by atoms with Gasteiger partial charge in [0.05, 0.1) is 5.69 Å². The van der Waals surface area contributed by atoms with Crippen LogP contribution in [0.1, 0.15) is 5.56 Å². The van der Waals surface area contributed by atoms with Crippen molar-refractivity contribution in [1.82, 2.24) is 4.98 Å². The Morgan fingerprint density at radius 1 is 1.24 bits per heavy atom. The topological polar surface area (TPSA) is 48.1 Å². The zero-order chi connectivity index (χ0) is 12.4. The first-order chi connectivity index (χ1) is 8.08. The number of aromatic nitrogens is 1. The van der Waals surface area contributed by atoms with E-state index in [4.69, 9.17) is 10.5 Å². The largest absolute Gasteiger partial charge is 0.436 e. The molecular weight excluding hydrogens is 226 g/mol. The van der Waals surface area contributed by atoms with Crippen LogP contribution in [0.25, 0.3) is 0 Å². The molecule has 0 atom stereocenters. The highest BCUT2D eigenvalue weighted by atomic mass is 19.1. The normalized spacial score (nSPS) is 10.3. The minimum Gasteiger partial charge on any atom is -0.436 e. The summed E-state index contributed by atoms with van der Waals surface area (Å²) in [6.07, 6.45) is 1.51. The van der Waals surface area contributed by atoms with Crippen molar-refractivity contribution >= 4 is 5.69 Å². The van der Waals surface area contributed by atoms with E-state index in [1.165, 1.54) is 6.20 Å². The van der Waals surface area contributed by atoms with Gasteiger partial charge in [-0.25, -0.2) is 13.8 Å².